The first-order chi connectivity index (χ1) is 7.36. The van der Waals surface area contributed by atoms with Crippen LogP contribution in [-0.2, 0) is 6.54 Å². The number of hydrogen-bond donors (Lipinski definition) is 2. The van der Waals surface area contributed by atoms with Crippen LogP contribution >= 0.6 is 0 Å². The van der Waals surface area contributed by atoms with Crippen molar-refractivity contribution in [2.75, 3.05) is 0 Å². The lowest BCUT2D eigenvalue weighted by Crippen LogP contribution is -2.28. The minimum atomic E-state index is -0.290. The van der Waals surface area contributed by atoms with Gasteiger partial charge in [-0.15, -0.1) is 0 Å². The minimum Gasteiger partial charge on any atom is -0.466 e. The summed E-state index contributed by atoms with van der Waals surface area (Å²) in [7, 11) is 0. The number of pyridine rings is 1. The number of furan rings is 1. The zero-order chi connectivity index (χ0) is 10.5. The summed E-state index contributed by atoms with van der Waals surface area (Å²) in [5.41, 5.74) is 6.81. The van der Waals surface area contributed by atoms with Gasteiger partial charge in [-0.1, -0.05) is 6.07 Å². The Balaban J connectivity index is 1.89. The Kier molecular flexibility index (Phi) is 3.11. The van der Waals surface area contributed by atoms with Crippen molar-refractivity contribution in [2.24, 2.45) is 5.73 Å². The van der Waals surface area contributed by atoms with Crippen LogP contribution in [0.15, 0.2) is 47.2 Å². The molecule has 0 aliphatic carbocycles. The molecule has 4 heteroatoms. The molecule has 0 bridgehead atoms. The molecular formula is C11H13N3O. The van der Waals surface area contributed by atoms with E-state index in [1.807, 2.05) is 30.3 Å². The van der Waals surface area contributed by atoms with E-state index in [0.717, 1.165) is 11.5 Å². The van der Waals surface area contributed by atoms with E-state index in [9.17, 15) is 0 Å². The summed E-state index contributed by atoms with van der Waals surface area (Å²) in [6.07, 6.45) is 3.08. The molecule has 1 unspecified atom stereocenters. The van der Waals surface area contributed by atoms with Gasteiger partial charge in [-0.3, -0.25) is 10.3 Å². The van der Waals surface area contributed by atoms with E-state index in [0.29, 0.717) is 6.54 Å². The average molecular weight is 203 g/mol. The van der Waals surface area contributed by atoms with Gasteiger partial charge in [0.25, 0.3) is 0 Å². The fraction of sp³-hybridized carbons (Fsp3) is 0.182. The maximum Gasteiger partial charge on any atom is 0.135 e. The first kappa shape index (κ1) is 9.89. The first-order valence-electron chi connectivity index (χ1n) is 4.78. The maximum atomic E-state index is 5.85. The van der Waals surface area contributed by atoms with Gasteiger partial charge in [-0.05, 0) is 24.3 Å². The molecule has 0 aliphatic heterocycles. The number of nitrogens with two attached hydrogens (primary N) is 1. The van der Waals surface area contributed by atoms with Crippen molar-refractivity contribution in [2.45, 2.75) is 12.7 Å². The molecule has 0 amide bonds. The van der Waals surface area contributed by atoms with Gasteiger partial charge in [0.1, 0.15) is 11.9 Å². The Morgan fingerprint density at radius 3 is 2.93 bits per heavy atom. The van der Waals surface area contributed by atoms with Crippen LogP contribution in [0.5, 0.6) is 0 Å². The van der Waals surface area contributed by atoms with Crippen LogP contribution in [0.1, 0.15) is 17.6 Å². The highest BCUT2D eigenvalue weighted by atomic mass is 16.3. The minimum absolute atomic E-state index is 0.290. The second-order valence-corrected chi connectivity index (χ2v) is 3.20. The van der Waals surface area contributed by atoms with E-state index < -0.39 is 0 Å². The normalized spacial score (nSPS) is 12.6. The quantitative estimate of drug-likeness (QED) is 0.738. The third-order valence-corrected chi connectivity index (χ3v) is 2.08. The third-order valence-electron chi connectivity index (χ3n) is 2.08. The molecule has 2 aromatic rings. The Morgan fingerprint density at radius 1 is 1.33 bits per heavy atom. The molecule has 1 atom stereocenters. The Labute approximate surface area is 88.1 Å². The summed E-state index contributed by atoms with van der Waals surface area (Å²) in [6.45, 7) is 0.628. The van der Waals surface area contributed by atoms with Crippen molar-refractivity contribution in [3.05, 3.63) is 54.2 Å². The van der Waals surface area contributed by atoms with Gasteiger partial charge in [0, 0.05) is 12.7 Å². The Morgan fingerprint density at radius 2 is 2.27 bits per heavy atom. The summed E-state index contributed by atoms with van der Waals surface area (Å²) in [5, 5.41) is 3.12. The second kappa shape index (κ2) is 4.72. The van der Waals surface area contributed by atoms with Crippen molar-refractivity contribution in [3.8, 4) is 0 Å². The van der Waals surface area contributed by atoms with E-state index in [-0.39, 0.29) is 6.17 Å². The molecule has 0 saturated heterocycles. The standard InChI is InChI=1S/C11H13N3O/c12-11(10-5-3-7-15-10)14-8-9-4-1-2-6-13-9/h1-7,11,14H,8,12H2. The zero-order valence-electron chi connectivity index (χ0n) is 8.26. The van der Waals surface area contributed by atoms with Crippen LogP contribution in [0, 0.1) is 0 Å². The summed E-state index contributed by atoms with van der Waals surface area (Å²) in [5.74, 6) is 0.728. The molecule has 0 aliphatic rings. The highest BCUT2D eigenvalue weighted by Gasteiger charge is 2.07. The molecule has 2 aromatic heterocycles. The van der Waals surface area contributed by atoms with Crippen molar-refractivity contribution < 1.29 is 4.42 Å². The second-order valence-electron chi connectivity index (χ2n) is 3.20. The topological polar surface area (TPSA) is 64.1 Å². The van der Waals surface area contributed by atoms with E-state index in [2.05, 4.69) is 10.3 Å². The summed E-state index contributed by atoms with van der Waals surface area (Å²) >= 11 is 0. The highest BCUT2D eigenvalue weighted by Crippen LogP contribution is 2.07. The van der Waals surface area contributed by atoms with E-state index in [4.69, 9.17) is 10.2 Å². The molecule has 0 saturated carbocycles. The number of rotatable bonds is 4. The number of hydrogen-bond acceptors (Lipinski definition) is 4. The van der Waals surface area contributed by atoms with Gasteiger partial charge in [-0.25, -0.2) is 0 Å². The lowest BCUT2D eigenvalue weighted by molar-refractivity contribution is 0.417. The molecule has 0 aromatic carbocycles. The SMILES string of the molecule is NC(NCc1ccccn1)c1ccco1. The Hall–Kier alpha value is -1.65. The van der Waals surface area contributed by atoms with Crippen LogP contribution < -0.4 is 11.1 Å². The molecule has 15 heavy (non-hydrogen) atoms. The predicted molar refractivity (Wildman–Crippen MR) is 56.7 cm³/mol. The molecule has 0 spiro atoms. The summed E-state index contributed by atoms with van der Waals surface area (Å²) in [6, 6.07) is 9.44. The van der Waals surface area contributed by atoms with Crippen LogP contribution in [0.2, 0.25) is 0 Å². The molecule has 4 nitrogen and oxygen atoms in total. The van der Waals surface area contributed by atoms with E-state index >= 15 is 0 Å². The largest absolute Gasteiger partial charge is 0.466 e. The molecule has 78 valence electrons. The monoisotopic (exact) mass is 203 g/mol. The van der Waals surface area contributed by atoms with Gasteiger partial charge in [0.15, 0.2) is 0 Å². The lowest BCUT2D eigenvalue weighted by Gasteiger charge is -2.10. The van der Waals surface area contributed by atoms with Gasteiger partial charge in [-0.2, -0.15) is 0 Å². The van der Waals surface area contributed by atoms with Crippen LogP contribution in [0.25, 0.3) is 0 Å². The predicted octanol–water partition coefficient (Wildman–Crippen LogP) is 1.42. The fourth-order valence-corrected chi connectivity index (χ4v) is 1.29. The van der Waals surface area contributed by atoms with Crippen molar-refractivity contribution >= 4 is 0 Å². The van der Waals surface area contributed by atoms with E-state index in [1.54, 1.807) is 12.5 Å². The number of nitrogens with zero attached hydrogens (tertiary/aromatic N) is 1. The summed E-state index contributed by atoms with van der Waals surface area (Å²) in [4.78, 5) is 4.18. The van der Waals surface area contributed by atoms with Gasteiger partial charge in [0.05, 0.1) is 12.0 Å². The maximum absolute atomic E-state index is 5.85. The average Bonchev–Trinajstić information content (AvgIpc) is 2.81. The summed E-state index contributed by atoms with van der Waals surface area (Å²) < 4.78 is 5.18. The van der Waals surface area contributed by atoms with Crippen LogP contribution in [0.4, 0.5) is 0 Å². The lowest BCUT2D eigenvalue weighted by atomic mass is 10.3. The molecular weight excluding hydrogens is 190 g/mol. The first-order valence-corrected chi connectivity index (χ1v) is 4.78. The van der Waals surface area contributed by atoms with Gasteiger partial charge in [0.2, 0.25) is 0 Å². The van der Waals surface area contributed by atoms with Crippen molar-refractivity contribution in [3.63, 3.8) is 0 Å². The fourth-order valence-electron chi connectivity index (χ4n) is 1.29. The highest BCUT2D eigenvalue weighted by molar-refractivity contribution is 5.05. The zero-order valence-corrected chi connectivity index (χ0v) is 8.26. The molecule has 2 heterocycles. The number of nitrogens with one attached hydrogen (secondary N) is 1. The van der Waals surface area contributed by atoms with E-state index in [1.165, 1.54) is 0 Å². The Bertz CT molecular complexity index is 385. The molecule has 0 fully saturated rings. The van der Waals surface area contributed by atoms with Crippen molar-refractivity contribution in [1.82, 2.24) is 10.3 Å². The molecule has 0 radical (unpaired) electrons. The van der Waals surface area contributed by atoms with Crippen molar-refractivity contribution in [1.29, 1.82) is 0 Å². The third kappa shape index (κ3) is 2.65. The molecule has 3 N–H and O–H groups in total. The molecule has 2 rings (SSSR count). The van der Waals surface area contributed by atoms with Crippen LogP contribution in [-0.4, -0.2) is 4.98 Å². The smallest absolute Gasteiger partial charge is 0.135 e. The van der Waals surface area contributed by atoms with Crippen LogP contribution in [0.3, 0.4) is 0 Å². The van der Waals surface area contributed by atoms with Gasteiger partial charge >= 0.3 is 0 Å². The number of aromatic nitrogens is 1. The van der Waals surface area contributed by atoms with Gasteiger partial charge < -0.3 is 10.2 Å².